The third kappa shape index (κ3) is 4.48. The SMILES string of the molecule is O=C(CN(c1ccc([N+](=O)[O-])cc1)S(=O)(=O)c1ccccc1)NC1CCCC1. The predicted octanol–water partition coefficient (Wildman–Crippen LogP) is 2.85. The number of nitro groups is 1. The number of hydrogen-bond acceptors (Lipinski definition) is 5. The van der Waals surface area contributed by atoms with E-state index in [2.05, 4.69) is 5.32 Å². The van der Waals surface area contributed by atoms with Crippen molar-refractivity contribution in [3.8, 4) is 0 Å². The van der Waals surface area contributed by atoms with E-state index in [-0.39, 0.29) is 22.3 Å². The van der Waals surface area contributed by atoms with Crippen LogP contribution in [0.5, 0.6) is 0 Å². The smallest absolute Gasteiger partial charge is 0.269 e. The van der Waals surface area contributed by atoms with E-state index in [0.717, 1.165) is 30.0 Å². The molecule has 0 bridgehead atoms. The molecule has 0 saturated heterocycles. The monoisotopic (exact) mass is 403 g/mol. The summed E-state index contributed by atoms with van der Waals surface area (Å²) in [5.74, 6) is -0.398. The first-order valence-corrected chi connectivity index (χ1v) is 10.4. The van der Waals surface area contributed by atoms with Crippen molar-refractivity contribution in [2.75, 3.05) is 10.8 Å². The number of nitrogens with zero attached hydrogens (tertiary/aromatic N) is 2. The number of amides is 1. The summed E-state index contributed by atoms with van der Waals surface area (Å²) in [6.07, 6.45) is 3.85. The summed E-state index contributed by atoms with van der Waals surface area (Å²) in [6.45, 7) is -0.397. The molecule has 0 aliphatic heterocycles. The number of hydrogen-bond donors (Lipinski definition) is 1. The Kier molecular flexibility index (Phi) is 5.93. The van der Waals surface area contributed by atoms with Gasteiger partial charge in [0.2, 0.25) is 5.91 Å². The molecule has 1 N–H and O–H groups in total. The third-order valence-electron chi connectivity index (χ3n) is 4.69. The lowest BCUT2D eigenvalue weighted by molar-refractivity contribution is -0.384. The maximum absolute atomic E-state index is 13.1. The van der Waals surface area contributed by atoms with Crippen LogP contribution in [0.15, 0.2) is 59.5 Å². The van der Waals surface area contributed by atoms with E-state index in [0.29, 0.717) is 0 Å². The fraction of sp³-hybridized carbons (Fsp3) is 0.316. The highest BCUT2D eigenvalue weighted by molar-refractivity contribution is 7.92. The molecule has 0 radical (unpaired) electrons. The molecule has 0 unspecified atom stereocenters. The second-order valence-electron chi connectivity index (χ2n) is 6.65. The summed E-state index contributed by atoms with van der Waals surface area (Å²) < 4.78 is 27.3. The Hall–Kier alpha value is -2.94. The highest BCUT2D eigenvalue weighted by Crippen LogP contribution is 2.26. The first-order valence-electron chi connectivity index (χ1n) is 8.99. The van der Waals surface area contributed by atoms with Gasteiger partial charge in [0.05, 0.1) is 15.5 Å². The fourth-order valence-corrected chi connectivity index (χ4v) is 4.69. The van der Waals surface area contributed by atoms with Crippen molar-refractivity contribution in [1.82, 2.24) is 5.32 Å². The van der Waals surface area contributed by atoms with Crippen LogP contribution in [-0.2, 0) is 14.8 Å². The van der Waals surface area contributed by atoms with Crippen LogP contribution in [0.25, 0.3) is 0 Å². The van der Waals surface area contributed by atoms with E-state index >= 15 is 0 Å². The predicted molar refractivity (Wildman–Crippen MR) is 104 cm³/mol. The summed E-state index contributed by atoms with van der Waals surface area (Å²) in [6, 6.07) is 13.0. The zero-order valence-electron chi connectivity index (χ0n) is 15.2. The molecule has 0 heterocycles. The number of nitro benzene ring substituents is 1. The third-order valence-corrected chi connectivity index (χ3v) is 6.48. The van der Waals surface area contributed by atoms with Gasteiger partial charge >= 0.3 is 0 Å². The molecule has 3 rings (SSSR count). The standard InChI is InChI=1S/C19H21N3O5S/c23-19(20-15-6-4-5-7-15)14-21(16-10-12-17(13-11-16)22(24)25)28(26,27)18-8-2-1-3-9-18/h1-3,8-13,15H,4-7,14H2,(H,20,23). The van der Waals surface area contributed by atoms with Crippen molar-refractivity contribution in [3.05, 3.63) is 64.7 Å². The second-order valence-corrected chi connectivity index (χ2v) is 8.51. The van der Waals surface area contributed by atoms with Crippen LogP contribution < -0.4 is 9.62 Å². The van der Waals surface area contributed by atoms with Gasteiger partial charge < -0.3 is 5.32 Å². The van der Waals surface area contributed by atoms with Gasteiger partial charge in [0, 0.05) is 18.2 Å². The molecular formula is C19H21N3O5S. The van der Waals surface area contributed by atoms with Crippen LogP contribution in [0.3, 0.4) is 0 Å². The van der Waals surface area contributed by atoms with Gasteiger partial charge in [-0.1, -0.05) is 31.0 Å². The molecule has 1 aliphatic rings. The molecule has 148 valence electrons. The lowest BCUT2D eigenvalue weighted by Gasteiger charge is -2.25. The highest BCUT2D eigenvalue weighted by Gasteiger charge is 2.28. The lowest BCUT2D eigenvalue weighted by atomic mass is 10.2. The Labute approximate surface area is 163 Å². The van der Waals surface area contributed by atoms with Crippen LogP contribution in [0.2, 0.25) is 0 Å². The Balaban J connectivity index is 1.91. The normalized spacial score (nSPS) is 14.6. The van der Waals surface area contributed by atoms with Crippen LogP contribution in [0.4, 0.5) is 11.4 Å². The number of nitrogens with one attached hydrogen (secondary N) is 1. The molecule has 28 heavy (non-hydrogen) atoms. The van der Waals surface area contributed by atoms with Gasteiger partial charge in [-0.15, -0.1) is 0 Å². The summed E-state index contributed by atoms with van der Waals surface area (Å²) in [5, 5.41) is 13.8. The van der Waals surface area contributed by atoms with Gasteiger partial charge in [-0.25, -0.2) is 8.42 Å². The molecule has 8 nitrogen and oxygen atoms in total. The van der Waals surface area contributed by atoms with E-state index in [1.54, 1.807) is 18.2 Å². The Bertz CT molecular complexity index is 939. The van der Waals surface area contributed by atoms with Crippen LogP contribution in [0.1, 0.15) is 25.7 Å². The number of non-ortho nitro benzene ring substituents is 1. The van der Waals surface area contributed by atoms with E-state index in [1.165, 1.54) is 36.4 Å². The molecule has 0 spiro atoms. The number of sulfonamides is 1. The summed E-state index contributed by atoms with van der Waals surface area (Å²) in [5.41, 5.74) is 0.0345. The topological polar surface area (TPSA) is 110 Å². The van der Waals surface area contributed by atoms with Crippen LogP contribution in [0, 0.1) is 10.1 Å². The number of benzene rings is 2. The maximum atomic E-state index is 13.1. The first kappa shape index (κ1) is 19.8. The zero-order chi connectivity index (χ0) is 20.1. The molecule has 2 aromatic carbocycles. The first-order chi connectivity index (χ1) is 13.4. The van der Waals surface area contributed by atoms with Crippen LogP contribution >= 0.6 is 0 Å². The van der Waals surface area contributed by atoms with Gasteiger partial charge in [0.25, 0.3) is 15.7 Å². The lowest BCUT2D eigenvalue weighted by Crippen LogP contribution is -2.43. The summed E-state index contributed by atoms with van der Waals surface area (Å²) in [4.78, 5) is 22.9. The zero-order valence-corrected chi connectivity index (χ0v) is 16.0. The fourth-order valence-electron chi connectivity index (χ4n) is 3.25. The van der Waals surface area contributed by atoms with Crippen molar-refractivity contribution >= 4 is 27.3 Å². The minimum absolute atomic E-state index is 0.0435. The molecule has 1 saturated carbocycles. The van der Waals surface area contributed by atoms with Crippen molar-refractivity contribution in [3.63, 3.8) is 0 Å². The number of carbonyl (C=O) groups is 1. The van der Waals surface area contributed by atoms with E-state index < -0.39 is 27.4 Å². The van der Waals surface area contributed by atoms with Crippen LogP contribution in [-0.4, -0.2) is 31.8 Å². The van der Waals surface area contributed by atoms with Gasteiger partial charge in [0.1, 0.15) is 6.54 Å². The number of rotatable bonds is 7. The molecule has 9 heteroatoms. The minimum atomic E-state index is -4.01. The van der Waals surface area contributed by atoms with E-state index in [1.807, 2.05) is 0 Å². The Morgan fingerprint density at radius 3 is 2.25 bits per heavy atom. The summed E-state index contributed by atoms with van der Waals surface area (Å²) >= 11 is 0. The molecule has 1 fully saturated rings. The molecular weight excluding hydrogens is 382 g/mol. The van der Waals surface area contributed by atoms with Gasteiger partial charge in [0.15, 0.2) is 0 Å². The van der Waals surface area contributed by atoms with Gasteiger partial charge in [-0.2, -0.15) is 0 Å². The Morgan fingerprint density at radius 2 is 1.68 bits per heavy atom. The molecule has 1 amide bonds. The average molecular weight is 403 g/mol. The van der Waals surface area contributed by atoms with Gasteiger partial charge in [-0.05, 0) is 37.1 Å². The van der Waals surface area contributed by atoms with E-state index in [9.17, 15) is 23.3 Å². The number of carbonyl (C=O) groups excluding carboxylic acids is 1. The minimum Gasteiger partial charge on any atom is -0.352 e. The maximum Gasteiger partial charge on any atom is 0.269 e. The molecule has 1 aliphatic carbocycles. The van der Waals surface area contributed by atoms with E-state index in [4.69, 9.17) is 0 Å². The number of anilines is 1. The molecule has 0 aromatic heterocycles. The molecule has 2 aromatic rings. The summed E-state index contributed by atoms with van der Waals surface area (Å²) in [7, 11) is -4.01. The van der Waals surface area contributed by atoms with Crippen molar-refractivity contribution in [2.24, 2.45) is 0 Å². The largest absolute Gasteiger partial charge is 0.352 e. The highest BCUT2D eigenvalue weighted by atomic mass is 32.2. The quantitative estimate of drug-likeness (QED) is 0.565. The van der Waals surface area contributed by atoms with Crippen molar-refractivity contribution in [2.45, 2.75) is 36.6 Å². The molecule has 0 atom stereocenters. The average Bonchev–Trinajstić information content (AvgIpc) is 3.19. The Morgan fingerprint density at radius 1 is 1.07 bits per heavy atom. The van der Waals surface area contributed by atoms with Crippen molar-refractivity contribution in [1.29, 1.82) is 0 Å². The second kappa shape index (κ2) is 8.39. The van der Waals surface area contributed by atoms with Crippen molar-refractivity contribution < 1.29 is 18.1 Å². The van der Waals surface area contributed by atoms with Gasteiger partial charge in [-0.3, -0.25) is 19.2 Å².